The minimum absolute atomic E-state index is 0. The molecule has 0 bridgehead atoms. The molecule has 7 nitrogen and oxygen atoms in total. The van der Waals surface area contributed by atoms with E-state index in [1.807, 2.05) is 0 Å². The van der Waals surface area contributed by atoms with Crippen LogP contribution in [0.25, 0.3) is 0 Å². The van der Waals surface area contributed by atoms with E-state index in [0.29, 0.717) is 44.2 Å². The van der Waals surface area contributed by atoms with Gasteiger partial charge in [-0.1, -0.05) is 18.6 Å². The molecule has 2 aliphatic rings. The first-order valence-electron chi connectivity index (χ1n) is 9.22. The van der Waals surface area contributed by atoms with Crippen LogP contribution < -0.4 is 10.6 Å². The zero-order valence-corrected chi connectivity index (χ0v) is 17.0. The lowest BCUT2D eigenvalue weighted by Crippen LogP contribution is -2.44. The molecule has 1 atom stereocenters. The van der Waals surface area contributed by atoms with E-state index in [0.717, 1.165) is 31.4 Å². The van der Waals surface area contributed by atoms with E-state index in [9.17, 15) is 13.2 Å². The van der Waals surface area contributed by atoms with Gasteiger partial charge in [-0.05, 0) is 30.5 Å². The zero-order chi connectivity index (χ0) is 18.4. The summed E-state index contributed by atoms with van der Waals surface area (Å²) in [6, 6.07) is 6.84. The van der Waals surface area contributed by atoms with Gasteiger partial charge in [-0.2, -0.15) is 4.31 Å². The van der Waals surface area contributed by atoms with E-state index in [4.69, 9.17) is 4.74 Å². The van der Waals surface area contributed by atoms with Gasteiger partial charge in [0.05, 0.1) is 18.1 Å². The highest BCUT2D eigenvalue weighted by atomic mass is 35.5. The van der Waals surface area contributed by atoms with Crippen LogP contribution in [0.15, 0.2) is 29.2 Å². The second-order valence-electron chi connectivity index (χ2n) is 6.82. The van der Waals surface area contributed by atoms with E-state index in [1.54, 1.807) is 28.6 Å². The maximum Gasteiger partial charge on any atom is 0.243 e. The van der Waals surface area contributed by atoms with Crippen molar-refractivity contribution in [1.29, 1.82) is 0 Å². The number of hydrogen-bond acceptors (Lipinski definition) is 5. The van der Waals surface area contributed by atoms with Crippen LogP contribution in [0.1, 0.15) is 31.2 Å². The highest BCUT2D eigenvalue weighted by Crippen LogP contribution is 2.20. The molecule has 27 heavy (non-hydrogen) atoms. The van der Waals surface area contributed by atoms with E-state index in [2.05, 4.69) is 10.6 Å². The number of piperidine rings is 1. The van der Waals surface area contributed by atoms with Crippen molar-refractivity contribution >= 4 is 28.3 Å². The summed E-state index contributed by atoms with van der Waals surface area (Å²) in [6.07, 6.45) is 3.31. The van der Waals surface area contributed by atoms with E-state index < -0.39 is 10.0 Å². The van der Waals surface area contributed by atoms with Crippen LogP contribution in [0.5, 0.6) is 0 Å². The molecule has 9 heteroatoms. The monoisotopic (exact) mass is 417 g/mol. The summed E-state index contributed by atoms with van der Waals surface area (Å²) in [5.74, 6) is -0.0435. The van der Waals surface area contributed by atoms with Crippen LogP contribution >= 0.6 is 12.4 Å². The first-order valence-corrected chi connectivity index (χ1v) is 10.7. The Kier molecular flexibility index (Phi) is 8.50. The van der Waals surface area contributed by atoms with Crippen molar-refractivity contribution in [2.75, 3.05) is 32.8 Å². The molecule has 3 rings (SSSR count). The molecule has 0 aromatic heterocycles. The van der Waals surface area contributed by atoms with Gasteiger partial charge in [0.2, 0.25) is 15.9 Å². The van der Waals surface area contributed by atoms with Crippen molar-refractivity contribution in [2.45, 2.75) is 43.2 Å². The molecule has 1 amide bonds. The standard InChI is InChI=1S/C18H27N3O4S.ClH/c22-18(12-16-14-25-11-8-19-16)20-13-15-4-6-17(7-5-15)26(23,24)21-9-2-1-3-10-21;/h4-7,16,19H,1-3,8-14H2,(H,20,22);1H. The highest BCUT2D eigenvalue weighted by Gasteiger charge is 2.25. The van der Waals surface area contributed by atoms with Crippen LogP contribution in [0.4, 0.5) is 0 Å². The zero-order valence-electron chi connectivity index (χ0n) is 15.4. The predicted molar refractivity (Wildman–Crippen MR) is 105 cm³/mol. The maximum atomic E-state index is 12.6. The largest absolute Gasteiger partial charge is 0.378 e. The van der Waals surface area contributed by atoms with Crippen LogP contribution in [0, 0.1) is 0 Å². The summed E-state index contributed by atoms with van der Waals surface area (Å²) in [5, 5.41) is 6.12. The number of nitrogens with one attached hydrogen (secondary N) is 2. The maximum absolute atomic E-state index is 12.6. The molecule has 0 saturated carbocycles. The van der Waals surface area contributed by atoms with Gasteiger partial charge in [-0.15, -0.1) is 12.4 Å². The third kappa shape index (κ3) is 6.15. The smallest absolute Gasteiger partial charge is 0.243 e. The van der Waals surface area contributed by atoms with Crippen molar-refractivity contribution in [1.82, 2.24) is 14.9 Å². The fourth-order valence-corrected chi connectivity index (χ4v) is 4.80. The van der Waals surface area contributed by atoms with Gasteiger partial charge >= 0.3 is 0 Å². The molecule has 2 heterocycles. The molecule has 1 aromatic carbocycles. The summed E-state index contributed by atoms with van der Waals surface area (Å²) in [6.45, 7) is 3.58. The minimum Gasteiger partial charge on any atom is -0.378 e. The molecule has 2 aliphatic heterocycles. The molecule has 0 spiro atoms. The molecule has 0 radical (unpaired) electrons. The van der Waals surface area contributed by atoms with E-state index in [-0.39, 0.29) is 24.4 Å². The topological polar surface area (TPSA) is 87.7 Å². The molecule has 0 aliphatic carbocycles. The van der Waals surface area contributed by atoms with Gasteiger partial charge in [0, 0.05) is 38.6 Å². The van der Waals surface area contributed by atoms with Crippen molar-refractivity contribution in [3.63, 3.8) is 0 Å². The Morgan fingerprint density at radius 3 is 2.52 bits per heavy atom. The summed E-state index contributed by atoms with van der Waals surface area (Å²) in [7, 11) is -3.41. The Morgan fingerprint density at radius 2 is 1.89 bits per heavy atom. The number of hydrogen-bond donors (Lipinski definition) is 2. The molecule has 2 fully saturated rings. The number of morpholine rings is 1. The molecule has 1 aromatic rings. The Labute approximate surface area is 167 Å². The molecular formula is C18H28ClN3O4S. The number of carbonyl (C=O) groups excluding carboxylic acids is 1. The molecule has 152 valence electrons. The van der Waals surface area contributed by atoms with Crippen LogP contribution in [0.2, 0.25) is 0 Å². The third-order valence-electron chi connectivity index (χ3n) is 4.80. The second kappa shape index (κ2) is 10.4. The van der Waals surface area contributed by atoms with Gasteiger partial charge in [-0.3, -0.25) is 4.79 Å². The Bertz CT molecular complexity index is 700. The van der Waals surface area contributed by atoms with Crippen LogP contribution in [0.3, 0.4) is 0 Å². The molecular weight excluding hydrogens is 390 g/mol. The number of ether oxygens (including phenoxy) is 1. The quantitative estimate of drug-likeness (QED) is 0.728. The second-order valence-corrected chi connectivity index (χ2v) is 8.75. The summed E-state index contributed by atoms with van der Waals surface area (Å²) in [5.41, 5.74) is 0.879. The Hall–Kier alpha value is -1.19. The number of nitrogens with zero attached hydrogens (tertiary/aromatic N) is 1. The average molecular weight is 418 g/mol. The first-order chi connectivity index (χ1) is 12.6. The van der Waals surface area contributed by atoms with Gasteiger partial charge in [0.1, 0.15) is 0 Å². The number of rotatable bonds is 6. The number of benzene rings is 1. The number of amides is 1. The Balaban J connectivity index is 0.00000261. The van der Waals surface area contributed by atoms with Gasteiger partial charge in [0.15, 0.2) is 0 Å². The number of carbonyl (C=O) groups is 1. The predicted octanol–water partition coefficient (Wildman–Crippen LogP) is 1.28. The van der Waals surface area contributed by atoms with Crippen LogP contribution in [-0.2, 0) is 26.1 Å². The minimum atomic E-state index is -3.41. The molecule has 2 saturated heterocycles. The van der Waals surface area contributed by atoms with Crippen molar-refractivity contribution in [3.8, 4) is 0 Å². The SMILES string of the molecule is Cl.O=C(CC1COCCN1)NCc1ccc(S(=O)(=O)N2CCCCC2)cc1. The Morgan fingerprint density at radius 1 is 1.19 bits per heavy atom. The third-order valence-corrected chi connectivity index (χ3v) is 6.71. The summed E-state index contributed by atoms with van der Waals surface area (Å²) < 4.78 is 32.1. The van der Waals surface area contributed by atoms with Crippen LogP contribution in [-0.4, -0.2) is 57.5 Å². The lowest BCUT2D eigenvalue weighted by atomic mass is 10.2. The lowest BCUT2D eigenvalue weighted by Gasteiger charge is -2.25. The first kappa shape index (κ1) is 22.1. The fourth-order valence-electron chi connectivity index (χ4n) is 3.28. The van der Waals surface area contributed by atoms with E-state index >= 15 is 0 Å². The van der Waals surface area contributed by atoms with Crippen molar-refractivity contribution < 1.29 is 17.9 Å². The fraction of sp³-hybridized carbons (Fsp3) is 0.611. The van der Waals surface area contributed by atoms with Gasteiger partial charge in [-0.25, -0.2) is 8.42 Å². The summed E-state index contributed by atoms with van der Waals surface area (Å²) >= 11 is 0. The number of halogens is 1. The average Bonchev–Trinajstić information content (AvgIpc) is 2.68. The van der Waals surface area contributed by atoms with Crippen molar-refractivity contribution in [2.24, 2.45) is 0 Å². The molecule has 1 unspecified atom stereocenters. The number of sulfonamides is 1. The normalized spacial score (nSPS) is 21.3. The van der Waals surface area contributed by atoms with Gasteiger partial charge < -0.3 is 15.4 Å². The van der Waals surface area contributed by atoms with Crippen molar-refractivity contribution in [3.05, 3.63) is 29.8 Å². The van der Waals surface area contributed by atoms with Gasteiger partial charge in [0.25, 0.3) is 0 Å². The summed E-state index contributed by atoms with van der Waals surface area (Å²) in [4.78, 5) is 12.3. The lowest BCUT2D eigenvalue weighted by molar-refractivity contribution is -0.122. The van der Waals surface area contributed by atoms with E-state index in [1.165, 1.54) is 0 Å². The highest BCUT2D eigenvalue weighted by molar-refractivity contribution is 7.89. The molecule has 2 N–H and O–H groups in total.